The van der Waals surface area contributed by atoms with Gasteiger partial charge in [0.2, 0.25) is 0 Å². The van der Waals surface area contributed by atoms with Gasteiger partial charge in [-0.15, -0.1) is 10.2 Å². The summed E-state index contributed by atoms with van der Waals surface area (Å²) in [7, 11) is 0. The molecule has 0 aliphatic heterocycles. The third-order valence-corrected chi connectivity index (χ3v) is 3.07. The maximum Gasteiger partial charge on any atom is 0.329 e. The molecule has 2 aromatic rings. The molecule has 0 saturated carbocycles. The third kappa shape index (κ3) is 2.13. The van der Waals surface area contributed by atoms with Crippen LogP contribution in [-0.4, -0.2) is 30.8 Å². The van der Waals surface area contributed by atoms with Crippen LogP contribution < -0.4 is 0 Å². The highest BCUT2D eigenvalue weighted by molar-refractivity contribution is 9.10. The van der Waals surface area contributed by atoms with E-state index in [1.54, 1.807) is 26.2 Å². The molecule has 2 heterocycles. The van der Waals surface area contributed by atoms with Crippen molar-refractivity contribution in [3.05, 3.63) is 29.3 Å². The minimum Gasteiger partial charge on any atom is -0.480 e. The Hall–Kier alpha value is -1.76. The first-order valence-electron chi connectivity index (χ1n) is 5.18. The monoisotopic (exact) mass is 310 g/mol. The molecule has 94 valence electrons. The molecule has 2 aromatic heterocycles. The van der Waals surface area contributed by atoms with Crippen LogP contribution in [0.25, 0.3) is 11.4 Å². The highest BCUT2D eigenvalue weighted by atomic mass is 79.9. The van der Waals surface area contributed by atoms with Gasteiger partial charge in [-0.2, -0.15) is 0 Å². The van der Waals surface area contributed by atoms with Gasteiger partial charge in [-0.3, -0.25) is 9.55 Å². The molecule has 0 radical (unpaired) electrons. The molecule has 18 heavy (non-hydrogen) atoms. The van der Waals surface area contributed by atoms with Gasteiger partial charge in [0.1, 0.15) is 11.9 Å². The lowest BCUT2D eigenvalue weighted by atomic mass is 10.1. The van der Waals surface area contributed by atoms with Crippen molar-refractivity contribution < 1.29 is 9.90 Å². The second kappa shape index (κ2) is 4.49. The topological polar surface area (TPSA) is 80.9 Å². The minimum absolute atomic E-state index is 0.469. The first-order valence-corrected chi connectivity index (χ1v) is 5.97. The summed E-state index contributed by atoms with van der Waals surface area (Å²) >= 11 is 3.32. The van der Waals surface area contributed by atoms with Crippen LogP contribution in [0.5, 0.6) is 0 Å². The smallest absolute Gasteiger partial charge is 0.329 e. The molecule has 6 nitrogen and oxygen atoms in total. The average Bonchev–Trinajstić information content (AvgIpc) is 2.78. The second-order valence-electron chi connectivity index (χ2n) is 4.28. The fraction of sp³-hybridized carbons (Fsp3) is 0.273. The van der Waals surface area contributed by atoms with Crippen molar-refractivity contribution in [2.75, 3.05) is 0 Å². The maximum absolute atomic E-state index is 11.3. The van der Waals surface area contributed by atoms with Gasteiger partial charge in [0, 0.05) is 22.4 Å². The van der Waals surface area contributed by atoms with Gasteiger partial charge in [-0.05, 0) is 35.8 Å². The predicted molar refractivity (Wildman–Crippen MR) is 67.9 cm³/mol. The van der Waals surface area contributed by atoms with Crippen LogP contribution in [0.15, 0.2) is 29.3 Å². The number of halogens is 1. The standard InChI is InChI=1S/C11H11BrN4O2/c1-11(2,10(17)18)16-6-14-15-9(16)7-3-8(12)5-13-4-7/h3-6H,1-2H3,(H,17,18). The number of carboxylic acid groups (broad SMARTS) is 1. The number of nitrogens with zero attached hydrogens (tertiary/aromatic N) is 4. The Balaban J connectivity index is 2.55. The number of hydrogen-bond acceptors (Lipinski definition) is 4. The van der Waals surface area contributed by atoms with Crippen molar-refractivity contribution in [2.45, 2.75) is 19.4 Å². The van der Waals surface area contributed by atoms with E-state index in [2.05, 4.69) is 31.1 Å². The van der Waals surface area contributed by atoms with E-state index >= 15 is 0 Å². The van der Waals surface area contributed by atoms with Gasteiger partial charge in [0.25, 0.3) is 0 Å². The minimum atomic E-state index is -1.12. The summed E-state index contributed by atoms with van der Waals surface area (Å²) in [5.74, 6) is -0.484. The maximum atomic E-state index is 11.3. The molecule has 0 atom stereocenters. The van der Waals surface area contributed by atoms with Crippen LogP contribution in [0.4, 0.5) is 0 Å². The molecule has 0 amide bonds. The Labute approximate surface area is 112 Å². The van der Waals surface area contributed by atoms with Gasteiger partial charge < -0.3 is 5.11 Å². The van der Waals surface area contributed by atoms with Gasteiger partial charge in [0.15, 0.2) is 5.82 Å². The summed E-state index contributed by atoms with van der Waals surface area (Å²) in [6.07, 6.45) is 4.67. The van der Waals surface area contributed by atoms with E-state index in [0.29, 0.717) is 11.4 Å². The first-order chi connectivity index (χ1) is 8.43. The Morgan fingerprint density at radius 3 is 2.78 bits per heavy atom. The zero-order chi connectivity index (χ0) is 13.3. The largest absolute Gasteiger partial charge is 0.480 e. The van der Waals surface area contributed by atoms with Crippen LogP contribution in [0.3, 0.4) is 0 Å². The van der Waals surface area contributed by atoms with Crippen molar-refractivity contribution in [3.63, 3.8) is 0 Å². The van der Waals surface area contributed by atoms with E-state index in [4.69, 9.17) is 0 Å². The van der Waals surface area contributed by atoms with Crippen molar-refractivity contribution >= 4 is 21.9 Å². The van der Waals surface area contributed by atoms with Crippen molar-refractivity contribution in [2.24, 2.45) is 0 Å². The summed E-state index contributed by atoms with van der Waals surface area (Å²) in [4.78, 5) is 15.3. The van der Waals surface area contributed by atoms with E-state index in [0.717, 1.165) is 4.47 Å². The molecule has 0 saturated heterocycles. The number of carboxylic acids is 1. The third-order valence-electron chi connectivity index (χ3n) is 2.64. The molecule has 2 rings (SSSR count). The lowest BCUT2D eigenvalue weighted by Gasteiger charge is -2.22. The van der Waals surface area contributed by atoms with Gasteiger partial charge >= 0.3 is 5.97 Å². The van der Waals surface area contributed by atoms with Gasteiger partial charge in [0.05, 0.1) is 0 Å². The number of hydrogen-bond donors (Lipinski definition) is 1. The van der Waals surface area contributed by atoms with Crippen LogP contribution in [0, 0.1) is 0 Å². The summed E-state index contributed by atoms with van der Waals surface area (Å²) < 4.78 is 2.31. The number of aliphatic carboxylic acids is 1. The van der Waals surface area contributed by atoms with E-state index < -0.39 is 11.5 Å². The van der Waals surface area contributed by atoms with Crippen LogP contribution in [-0.2, 0) is 10.3 Å². The molecule has 1 N–H and O–H groups in total. The fourth-order valence-electron chi connectivity index (χ4n) is 1.48. The molecule has 0 fully saturated rings. The highest BCUT2D eigenvalue weighted by Gasteiger charge is 2.32. The molecule has 0 aromatic carbocycles. The molecule has 7 heteroatoms. The Morgan fingerprint density at radius 2 is 2.17 bits per heavy atom. The SMILES string of the molecule is CC(C)(C(=O)O)n1cnnc1-c1cncc(Br)c1. The van der Waals surface area contributed by atoms with Gasteiger partial charge in [-0.25, -0.2) is 4.79 Å². The van der Waals surface area contributed by atoms with E-state index in [1.165, 1.54) is 10.9 Å². The van der Waals surface area contributed by atoms with Crippen molar-refractivity contribution in [1.29, 1.82) is 0 Å². The van der Waals surface area contributed by atoms with Gasteiger partial charge in [-0.1, -0.05) is 0 Å². The van der Waals surface area contributed by atoms with Crippen molar-refractivity contribution in [1.82, 2.24) is 19.7 Å². The Kier molecular flexibility index (Phi) is 3.16. The lowest BCUT2D eigenvalue weighted by molar-refractivity contribution is -0.145. The van der Waals surface area contributed by atoms with Crippen LogP contribution >= 0.6 is 15.9 Å². The fourth-order valence-corrected chi connectivity index (χ4v) is 1.84. The Bertz CT molecular complexity index is 594. The number of carbonyl (C=O) groups is 1. The highest BCUT2D eigenvalue weighted by Crippen LogP contribution is 2.25. The molecule has 0 aliphatic rings. The lowest BCUT2D eigenvalue weighted by Crippen LogP contribution is -2.35. The number of rotatable bonds is 3. The summed E-state index contributed by atoms with van der Waals surface area (Å²) in [6, 6.07) is 1.81. The number of pyridine rings is 1. The summed E-state index contributed by atoms with van der Waals surface area (Å²) in [5, 5.41) is 17.0. The normalized spacial score (nSPS) is 11.5. The summed E-state index contributed by atoms with van der Waals surface area (Å²) in [5.41, 5.74) is -0.419. The molecule has 0 aliphatic carbocycles. The Morgan fingerprint density at radius 1 is 1.44 bits per heavy atom. The van der Waals surface area contributed by atoms with E-state index in [9.17, 15) is 9.90 Å². The molecular formula is C11H11BrN4O2. The molecule has 0 unspecified atom stereocenters. The quantitative estimate of drug-likeness (QED) is 0.936. The van der Waals surface area contributed by atoms with Crippen LogP contribution in [0.2, 0.25) is 0 Å². The summed E-state index contributed by atoms with van der Waals surface area (Å²) in [6.45, 7) is 3.18. The second-order valence-corrected chi connectivity index (χ2v) is 5.20. The van der Waals surface area contributed by atoms with E-state index in [-0.39, 0.29) is 0 Å². The van der Waals surface area contributed by atoms with Crippen molar-refractivity contribution in [3.8, 4) is 11.4 Å². The average molecular weight is 311 g/mol. The zero-order valence-corrected chi connectivity index (χ0v) is 11.4. The van der Waals surface area contributed by atoms with Crippen LogP contribution in [0.1, 0.15) is 13.8 Å². The zero-order valence-electron chi connectivity index (χ0n) is 9.83. The molecule has 0 bridgehead atoms. The number of aromatic nitrogens is 4. The molecule has 0 spiro atoms. The predicted octanol–water partition coefficient (Wildman–Crippen LogP) is 1.92. The first kappa shape index (κ1) is 12.7. The molecular weight excluding hydrogens is 300 g/mol. The van der Waals surface area contributed by atoms with E-state index in [1.807, 2.05) is 6.07 Å².